The smallest absolute Gasteiger partial charge is 0.311 e. The molecular formula is C30H35N3O6. The second-order valence-electron chi connectivity index (χ2n) is 9.41. The number of benzene rings is 3. The van der Waals surface area contributed by atoms with Crippen LogP contribution >= 0.6 is 0 Å². The molecular weight excluding hydrogens is 498 g/mol. The number of nitrogens with one attached hydrogen (secondary N) is 1. The van der Waals surface area contributed by atoms with Gasteiger partial charge >= 0.3 is 5.69 Å². The summed E-state index contributed by atoms with van der Waals surface area (Å²) >= 11 is 0. The standard InChI is InChI=1S/C30H35N3O6/c1-5-22(3)31-30(35)27(17-23-11-7-6-8-12-23)32(19-24-13-9-10-21(2)16-24)29(34)20-39-25-14-15-26(33(36)37)28(18-25)38-4/h6-16,18,22,27H,5,17,19-20H2,1-4H3,(H,31,35)/t22-,27-/m1/s1. The minimum atomic E-state index is -0.788. The number of nitro benzene ring substituents is 1. The Kier molecular flexibility index (Phi) is 10.4. The quantitative estimate of drug-likeness (QED) is 0.249. The molecule has 9 nitrogen and oxygen atoms in total. The summed E-state index contributed by atoms with van der Waals surface area (Å²) in [7, 11) is 1.32. The fourth-order valence-electron chi connectivity index (χ4n) is 4.13. The van der Waals surface area contributed by atoms with E-state index >= 15 is 0 Å². The van der Waals surface area contributed by atoms with Crippen LogP contribution in [0.15, 0.2) is 72.8 Å². The molecule has 0 fully saturated rings. The van der Waals surface area contributed by atoms with Crippen LogP contribution in [0.1, 0.15) is 37.0 Å². The fourth-order valence-corrected chi connectivity index (χ4v) is 4.13. The summed E-state index contributed by atoms with van der Waals surface area (Å²) in [6, 6.07) is 20.5. The molecule has 0 aromatic heterocycles. The second-order valence-corrected chi connectivity index (χ2v) is 9.41. The molecule has 0 spiro atoms. The molecule has 0 bridgehead atoms. The first kappa shape index (κ1) is 29.2. The lowest BCUT2D eigenvalue weighted by atomic mass is 10.0. The lowest BCUT2D eigenvalue weighted by Gasteiger charge is -2.32. The van der Waals surface area contributed by atoms with Crippen LogP contribution in [-0.4, -0.2) is 47.4 Å². The first-order valence-electron chi connectivity index (χ1n) is 12.9. The molecule has 206 valence electrons. The molecule has 0 aliphatic heterocycles. The van der Waals surface area contributed by atoms with Gasteiger partial charge in [-0.25, -0.2) is 0 Å². The summed E-state index contributed by atoms with van der Waals surface area (Å²) in [6.45, 7) is 5.72. The SMILES string of the molecule is CC[C@@H](C)NC(=O)[C@@H](Cc1ccccc1)N(Cc1cccc(C)c1)C(=O)COc1ccc([N+](=O)[O-])c(OC)c1. The molecule has 39 heavy (non-hydrogen) atoms. The van der Waals surface area contributed by atoms with Crippen molar-refractivity contribution in [3.63, 3.8) is 0 Å². The normalized spacial score (nSPS) is 12.2. The Morgan fingerprint density at radius 1 is 1.03 bits per heavy atom. The van der Waals surface area contributed by atoms with Gasteiger partial charge in [-0.1, -0.05) is 67.1 Å². The number of rotatable bonds is 13. The Labute approximate surface area is 228 Å². The summed E-state index contributed by atoms with van der Waals surface area (Å²) in [5, 5.41) is 14.3. The van der Waals surface area contributed by atoms with Crippen LogP contribution in [-0.2, 0) is 22.6 Å². The number of hydrogen-bond donors (Lipinski definition) is 1. The first-order chi connectivity index (χ1) is 18.7. The number of carbonyl (C=O) groups is 2. The van der Waals surface area contributed by atoms with E-state index in [0.29, 0.717) is 6.42 Å². The van der Waals surface area contributed by atoms with Crippen molar-refractivity contribution in [3.8, 4) is 11.5 Å². The molecule has 2 atom stereocenters. The van der Waals surface area contributed by atoms with Crippen molar-refractivity contribution in [1.82, 2.24) is 10.2 Å². The Hall–Kier alpha value is -4.40. The minimum Gasteiger partial charge on any atom is -0.490 e. The zero-order valence-electron chi connectivity index (χ0n) is 22.8. The van der Waals surface area contributed by atoms with Crippen molar-refractivity contribution in [2.45, 2.75) is 52.2 Å². The van der Waals surface area contributed by atoms with Gasteiger partial charge in [-0.3, -0.25) is 19.7 Å². The van der Waals surface area contributed by atoms with Crippen LogP contribution in [0.2, 0.25) is 0 Å². The highest BCUT2D eigenvalue weighted by molar-refractivity contribution is 5.88. The number of methoxy groups -OCH3 is 1. The van der Waals surface area contributed by atoms with Crippen molar-refractivity contribution < 1.29 is 24.0 Å². The summed E-state index contributed by atoms with van der Waals surface area (Å²) < 4.78 is 10.8. The van der Waals surface area contributed by atoms with Crippen LogP contribution in [0.3, 0.4) is 0 Å². The summed E-state index contributed by atoms with van der Waals surface area (Å²) in [5.41, 5.74) is 2.64. The van der Waals surface area contributed by atoms with Crippen molar-refractivity contribution in [1.29, 1.82) is 0 Å². The molecule has 3 aromatic rings. The second kappa shape index (κ2) is 13.9. The maximum atomic E-state index is 13.7. The van der Waals surface area contributed by atoms with E-state index in [1.807, 2.05) is 75.4 Å². The predicted molar refractivity (Wildman–Crippen MR) is 149 cm³/mol. The number of amides is 2. The molecule has 0 aliphatic rings. The maximum absolute atomic E-state index is 13.7. The van der Waals surface area contributed by atoms with Crippen LogP contribution in [0.4, 0.5) is 5.69 Å². The molecule has 0 heterocycles. The van der Waals surface area contributed by atoms with Gasteiger partial charge in [-0.05, 0) is 37.5 Å². The number of nitro groups is 1. The molecule has 0 aliphatic carbocycles. The van der Waals surface area contributed by atoms with Gasteiger partial charge in [-0.2, -0.15) is 0 Å². The highest BCUT2D eigenvalue weighted by atomic mass is 16.6. The Balaban J connectivity index is 1.92. The average molecular weight is 534 g/mol. The minimum absolute atomic E-state index is 0.0245. The van der Waals surface area contributed by atoms with Gasteiger partial charge < -0.3 is 19.7 Å². The van der Waals surface area contributed by atoms with E-state index in [9.17, 15) is 19.7 Å². The van der Waals surface area contributed by atoms with E-state index in [1.54, 1.807) is 4.90 Å². The van der Waals surface area contributed by atoms with Crippen LogP contribution in [0.5, 0.6) is 11.5 Å². The van der Waals surface area contributed by atoms with E-state index in [1.165, 1.54) is 25.3 Å². The largest absolute Gasteiger partial charge is 0.490 e. The van der Waals surface area contributed by atoms with E-state index in [2.05, 4.69) is 5.32 Å². The van der Waals surface area contributed by atoms with E-state index in [-0.39, 0.29) is 42.3 Å². The molecule has 1 N–H and O–H groups in total. The summed E-state index contributed by atoms with van der Waals surface area (Å²) in [6.07, 6.45) is 1.08. The highest BCUT2D eigenvalue weighted by Gasteiger charge is 2.31. The Bertz CT molecular complexity index is 1280. The predicted octanol–water partition coefficient (Wildman–Crippen LogP) is 4.85. The molecule has 0 unspecified atom stereocenters. The third-order valence-electron chi connectivity index (χ3n) is 6.42. The molecule has 2 amide bonds. The van der Waals surface area contributed by atoms with Gasteiger partial charge in [0.25, 0.3) is 5.91 Å². The van der Waals surface area contributed by atoms with Gasteiger partial charge in [-0.15, -0.1) is 0 Å². The van der Waals surface area contributed by atoms with Crippen molar-refractivity contribution >= 4 is 17.5 Å². The van der Waals surface area contributed by atoms with E-state index in [0.717, 1.165) is 23.1 Å². The highest BCUT2D eigenvalue weighted by Crippen LogP contribution is 2.30. The van der Waals surface area contributed by atoms with Crippen molar-refractivity contribution in [2.75, 3.05) is 13.7 Å². The van der Waals surface area contributed by atoms with Gasteiger partial charge in [0.1, 0.15) is 11.8 Å². The first-order valence-corrected chi connectivity index (χ1v) is 12.9. The van der Waals surface area contributed by atoms with Crippen LogP contribution in [0.25, 0.3) is 0 Å². The molecule has 0 radical (unpaired) electrons. The summed E-state index contributed by atoms with van der Waals surface area (Å²) in [4.78, 5) is 39.5. The number of aryl methyl sites for hydroxylation is 1. The number of nitrogens with zero attached hydrogens (tertiary/aromatic N) is 2. The number of hydrogen-bond acceptors (Lipinski definition) is 6. The van der Waals surface area contributed by atoms with Crippen molar-refractivity contribution in [3.05, 3.63) is 99.6 Å². The number of ether oxygens (including phenoxy) is 2. The molecule has 0 saturated heterocycles. The molecule has 9 heteroatoms. The van der Waals surface area contributed by atoms with Crippen LogP contribution in [0, 0.1) is 17.0 Å². The third-order valence-corrected chi connectivity index (χ3v) is 6.42. The Morgan fingerprint density at radius 2 is 1.74 bits per heavy atom. The van der Waals surface area contributed by atoms with Gasteiger partial charge in [0, 0.05) is 31.1 Å². The molecule has 0 saturated carbocycles. The van der Waals surface area contributed by atoms with E-state index in [4.69, 9.17) is 9.47 Å². The topological polar surface area (TPSA) is 111 Å². The average Bonchev–Trinajstić information content (AvgIpc) is 2.93. The molecule has 3 aromatic carbocycles. The van der Waals surface area contributed by atoms with Gasteiger partial charge in [0.05, 0.1) is 12.0 Å². The summed E-state index contributed by atoms with van der Waals surface area (Å²) in [5.74, 6) is -0.373. The van der Waals surface area contributed by atoms with Gasteiger partial charge in [0.15, 0.2) is 6.61 Å². The maximum Gasteiger partial charge on any atom is 0.311 e. The van der Waals surface area contributed by atoms with Crippen molar-refractivity contribution in [2.24, 2.45) is 0 Å². The third kappa shape index (κ3) is 8.29. The Morgan fingerprint density at radius 3 is 2.38 bits per heavy atom. The zero-order valence-corrected chi connectivity index (χ0v) is 22.8. The van der Waals surface area contributed by atoms with Gasteiger partial charge in [0.2, 0.25) is 11.7 Å². The lowest BCUT2D eigenvalue weighted by Crippen LogP contribution is -2.53. The molecule has 3 rings (SSSR count). The number of carbonyl (C=O) groups excluding carboxylic acids is 2. The lowest BCUT2D eigenvalue weighted by molar-refractivity contribution is -0.385. The van der Waals surface area contributed by atoms with Crippen LogP contribution < -0.4 is 14.8 Å². The fraction of sp³-hybridized carbons (Fsp3) is 0.333. The van der Waals surface area contributed by atoms with E-state index < -0.39 is 16.9 Å². The monoisotopic (exact) mass is 533 g/mol. The zero-order chi connectivity index (χ0) is 28.4.